The van der Waals surface area contributed by atoms with E-state index in [9.17, 15) is 0 Å². The number of aryl methyl sites for hydroxylation is 2. The Morgan fingerprint density at radius 3 is 1.54 bits per heavy atom. The van der Waals surface area contributed by atoms with Gasteiger partial charge in [-0.05, 0) is 128 Å². The van der Waals surface area contributed by atoms with Gasteiger partial charge in [-0.3, -0.25) is 0 Å². The first-order chi connectivity index (χ1) is 29.7. The van der Waals surface area contributed by atoms with Gasteiger partial charge in [-0.1, -0.05) is 166 Å². The van der Waals surface area contributed by atoms with Crippen LogP contribution in [0.4, 0.5) is 17.1 Å². The van der Waals surface area contributed by atoms with E-state index in [1.165, 1.54) is 61.0 Å². The molecule has 0 radical (unpaired) electrons. The summed E-state index contributed by atoms with van der Waals surface area (Å²) in [5, 5.41) is 0. The summed E-state index contributed by atoms with van der Waals surface area (Å²) in [6.07, 6.45) is 0. The van der Waals surface area contributed by atoms with Crippen molar-refractivity contribution < 1.29 is 9.47 Å². The highest BCUT2D eigenvalue weighted by molar-refractivity contribution is 6.98. The summed E-state index contributed by atoms with van der Waals surface area (Å²) >= 11 is 0. The fraction of sp³-hybridized carbons (Fsp3) is 0.288. The Kier molecular flexibility index (Phi) is 9.12. The number of rotatable bonds is 4. The minimum absolute atomic E-state index is 0.0245. The summed E-state index contributed by atoms with van der Waals surface area (Å²) in [7, 11) is 0. The number of fused-ring (bicyclic) bond motifs is 8. The monoisotopic (exact) mass is 825 g/mol. The van der Waals surface area contributed by atoms with Gasteiger partial charge < -0.3 is 14.4 Å². The number of ether oxygens (including phenoxy) is 2. The quantitative estimate of drug-likeness (QED) is 0.165. The Morgan fingerprint density at radius 1 is 0.492 bits per heavy atom. The van der Waals surface area contributed by atoms with E-state index in [0.29, 0.717) is 0 Å². The summed E-state index contributed by atoms with van der Waals surface area (Å²) in [6.45, 7) is 29.6. The molecule has 0 fully saturated rings. The number of nitrogens with zero attached hydrogens (tertiary/aromatic N) is 1. The molecule has 0 N–H and O–H groups in total. The third kappa shape index (κ3) is 6.71. The normalized spacial score (nSPS) is 14.5. The molecular formula is C59H60BNO2. The van der Waals surface area contributed by atoms with Gasteiger partial charge in [0.2, 0.25) is 0 Å². The van der Waals surface area contributed by atoms with E-state index in [0.717, 1.165) is 56.6 Å². The zero-order chi connectivity index (χ0) is 44.5. The van der Waals surface area contributed by atoms with Gasteiger partial charge in [0.1, 0.15) is 23.0 Å². The van der Waals surface area contributed by atoms with E-state index < -0.39 is 0 Å². The van der Waals surface area contributed by atoms with Crippen LogP contribution in [0.15, 0.2) is 127 Å². The largest absolute Gasteiger partial charge is 0.458 e. The number of benzene rings is 7. The molecule has 0 aromatic heterocycles. The minimum atomic E-state index is -0.343. The second-order valence-electron chi connectivity index (χ2n) is 22.1. The first-order valence-corrected chi connectivity index (χ1v) is 22.8. The third-order valence-electron chi connectivity index (χ3n) is 13.9. The maximum Gasteiger partial charge on any atom is 0.261 e. The lowest BCUT2D eigenvalue weighted by atomic mass is 9.33. The number of hydrogen-bond acceptors (Lipinski definition) is 3. The molecule has 0 saturated carbocycles. The Morgan fingerprint density at radius 2 is 0.984 bits per heavy atom. The van der Waals surface area contributed by atoms with Crippen molar-refractivity contribution >= 4 is 40.2 Å². The highest BCUT2D eigenvalue weighted by atomic mass is 16.5. The Bertz CT molecular complexity index is 2910. The highest BCUT2D eigenvalue weighted by Gasteiger charge is 2.49. The molecular weight excluding hydrogens is 765 g/mol. The van der Waals surface area contributed by atoms with E-state index in [1.54, 1.807) is 0 Å². The van der Waals surface area contributed by atoms with Gasteiger partial charge in [-0.2, -0.15) is 0 Å². The molecule has 3 nitrogen and oxygen atoms in total. The van der Waals surface area contributed by atoms with Gasteiger partial charge in [-0.25, -0.2) is 0 Å². The summed E-state index contributed by atoms with van der Waals surface area (Å²) in [6, 6.07) is 48.0. The van der Waals surface area contributed by atoms with Gasteiger partial charge >= 0.3 is 0 Å². The topological polar surface area (TPSA) is 21.7 Å². The first-order valence-electron chi connectivity index (χ1n) is 22.8. The van der Waals surface area contributed by atoms with Gasteiger partial charge in [-0.15, -0.1) is 0 Å². The first kappa shape index (κ1) is 41.0. The molecule has 4 heteroatoms. The van der Waals surface area contributed by atoms with E-state index in [-0.39, 0.29) is 28.4 Å². The fourth-order valence-electron chi connectivity index (χ4n) is 10.5. The van der Waals surface area contributed by atoms with Crippen LogP contribution in [0, 0.1) is 13.8 Å². The SMILES string of the molecule is Cc1cc(C)cc(-c2cc3c4c(c2)Oc2cc(N(c5ccc(C(C)(C)C)cc5)c5ccc(C(C)(C)C)cc5)c5c(c2B4c2cc(C(C)(C)C)ccc2O3)C(C)(C)c2ccccc2-5)c1. The fourth-order valence-corrected chi connectivity index (χ4v) is 10.5. The summed E-state index contributed by atoms with van der Waals surface area (Å²) in [4.78, 5) is 2.47. The van der Waals surface area contributed by atoms with Crippen LogP contribution < -0.4 is 30.8 Å². The molecule has 10 rings (SSSR count). The van der Waals surface area contributed by atoms with Crippen LogP contribution in [-0.2, 0) is 21.7 Å². The van der Waals surface area contributed by atoms with E-state index in [4.69, 9.17) is 9.47 Å². The standard InChI is InChI=1S/C59H60BNO2/c1-35-28-36(2)30-37(29-35)38-31-49-54-50(32-38)63-51-34-47(61(42-23-18-39(19-24-42)56(3,4)5)43-25-20-40(21-26-43)57(6,7)8)52-44-16-14-15-17-45(44)59(12,13)53(52)55(51)60(54)46-33-41(58(9,10)11)22-27-48(46)62-49/h14-34H,1-13H3. The maximum absolute atomic E-state index is 7.46. The van der Waals surface area contributed by atoms with Crippen LogP contribution in [0.2, 0.25) is 0 Å². The molecule has 316 valence electrons. The van der Waals surface area contributed by atoms with Crippen molar-refractivity contribution in [1.29, 1.82) is 0 Å². The lowest BCUT2D eigenvalue weighted by Gasteiger charge is -2.39. The van der Waals surface area contributed by atoms with Gasteiger partial charge in [0, 0.05) is 33.9 Å². The molecule has 0 amide bonds. The molecule has 7 aromatic rings. The smallest absolute Gasteiger partial charge is 0.261 e. The number of hydrogen-bond donors (Lipinski definition) is 0. The molecule has 2 heterocycles. The Hall–Kier alpha value is -6.00. The lowest BCUT2D eigenvalue weighted by Crippen LogP contribution is -2.59. The predicted octanol–water partition coefficient (Wildman–Crippen LogP) is 14.4. The van der Waals surface area contributed by atoms with Crippen LogP contribution in [0.5, 0.6) is 23.0 Å². The van der Waals surface area contributed by atoms with Crippen LogP contribution in [-0.4, -0.2) is 6.71 Å². The van der Waals surface area contributed by atoms with Crippen molar-refractivity contribution in [2.45, 2.75) is 112 Å². The van der Waals surface area contributed by atoms with E-state index in [2.05, 4.69) is 222 Å². The average Bonchev–Trinajstić information content (AvgIpc) is 3.46. The molecule has 0 bridgehead atoms. The van der Waals surface area contributed by atoms with Gasteiger partial charge in [0.15, 0.2) is 0 Å². The predicted molar refractivity (Wildman–Crippen MR) is 267 cm³/mol. The molecule has 63 heavy (non-hydrogen) atoms. The molecule has 0 spiro atoms. The average molecular weight is 826 g/mol. The lowest BCUT2D eigenvalue weighted by molar-refractivity contribution is 0.463. The molecule has 0 saturated heterocycles. The molecule has 3 aliphatic rings. The zero-order valence-electron chi connectivity index (χ0n) is 39.5. The zero-order valence-corrected chi connectivity index (χ0v) is 39.5. The molecule has 0 unspecified atom stereocenters. The summed E-state index contributed by atoms with van der Waals surface area (Å²) in [5.74, 6) is 3.50. The molecule has 2 aliphatic heterocycles. The van der Waals surface area contributed by atoms with E-state index >= 15 is 0 Å². The summed E-state index contributed by atoms with van der Waals surface area (Å²) in [5.41, 5.74) is 20.3. The van der Waals surface area contributed by atoms with Crippen molar-refractivity contribution in [3.05, 3.63) is 166 Å². The maximum atomic E-state index is 7.46. The Balaban J connectivity index is 1.30. The van der Waals surface area contributed by atoms with Gasteiger partial charge in [0.25, 0.3) is 6.71 Å². The van der Waals surface area contributed by atoms with Crippen molar-refractivity contribution in [2.75, 3.05) is 4.90 Å². The van der Waals surface area contributed by atoms with Crippen LogP contribution >= 0.6 is 0 Å². The third-order valence-corrected chi connectivity index (χ3v) is 13.9. The van der Waals surface area contributed by atoms with Crippen LogP contribution in [0.25, 0.3) is 22.3 Å². The van der Waals surface area contributed by atoms with E-state index in [1.807, 2.05) is 0 Å². The van der Waals surface area contributed by atoms with Crippen molar-refractivity contribution in [3.63, 3.8) is 0 Å². The number of anilines is 3. The summed E-state index contributed by atoms with van der Waals surface area (Å²) < 4.78 is 14.5. The second-order valence-corrected chi connectivity index (χ2v) is 22.1. The van der Waals surface area contributed by atoms with Crippen molar-refractivity contribution in [2.24, 2.45) is 0 Å². The van der Waals surface area contributed by atoms with Crippen molar-refractivity contribution in [3.8, 4) is 45.3 Å². The van der Waals surface area contributed by atoms with Gasteiger partial charge in [0.05, 0.1) is 5.69 Å². The highest BCUT2D eigenvalue weighted by Crippen LogP contribution is 2.56. The second kappa shape index (κ2) is 14.0. The molecule has 0 atom stereocenters. The molecule has 1 aliphatic carbocycles. The van der Waals surface area contributed by atoms with Crippen LogP contribution in [0.1, 0.15) is 115 Å². The molecule has 7 aromatic carbocycles. The Labute approximate surface area is 376 Å². The van der Waals surface area contributed by atoms with Crippen molar-refractivity contribution in [1.82, 2.24) is 0 Å². The van der Waals surface area contributed by atoms with Crippen LogP contribution in [0.3, 0.4) is 0 Å². The minimum Gasteiger partial charge on any atom is -0.458 e.